The van der Waals surface area contributed by atoms with Gasteiger partial charge in [-0.05, 0) is 42.8 Å². The van der Waals surface area contributed by atoms with Crippen molar-refractivity contribution in [3.05, 3.63) is 65.1 Å². The first kappa shape index (κ1) is 20.4. The molecule has 0 aliphatic carbocycles. The lowest BCUT2D eigenvalue weighted by Gasteiger charge is -2.18. The third-order valence-corrected chi connectivity index (χ3v) is 4.84. The van der Waals surface area contributed by atoms with E-state index < -0.39 is 11.7 Å². The van der Waals surface area contributed by atoms with Crippen LogP contribution in [0.5, 0.6) is 11.5 Å². The number of carbonyl (C=O) groups is 2. The molecule has 3 aromatic rings. The van der Waals surface area contributed by atoms with Crippen molar-refractivity contribution in [2.45, 2.75) is 6.92 Å². The second-order valence-corrected chi connectivity index (χ2v) is 6.99. The van der Waals surface area contributed by atoms with Gasteiger partial charge in [-0.25, -0.2) is 4.39 Å². The molecule has 0 unspecified atom stereocenters. The highest BCUT2D eigenvalue weighted by molar-refractivity contribution is 6.00. The molecule has 8 nitrogen and oxygen atoms in total. The van der Waals surface area contributed by atoms with Crippen LogP contribution < -0.4 is 20.1 Å². The fraction of sp³-hybridized carbons (Fsp3) is 0.227. The molecule has 0 radical (unpaired) electrons. The van der Waals surface area contributed by atoms with Gasteiger partial charge in [-0.15, -0.1) is 0 Å². The summed E-state index contributed by atoms with van der Waals surface area (Å²) in [5.41, 5.74) is 2.35. The Kier molecular flexibility index (Phi) is 5.83. The number of carbonyl (C=O) groups excluding carboxylic acids is 2. The third-order valence-electron chi connectivity index (χ3n) is 4.84. The van der Waals surface area contributed by atoms with E-state index in [4.69, 9.17) is 9.47 Å². The second kappa shape index (κ2) is 8.86. The maximum absolute atomic E-state index is 13.6. The van der Waals surface area contributed by atoms with Crippen LogP contribution in [-0.2, 0) is 0 Å². The highest BCUT2D eigenvalue weighted by Crippen LogP contribution is 2.34. The predicted molar refractivity (Wildman–Crippen MR) is 111 cm³/mol. The Balaban J connectivity index is 1.34. The van der Waals surface area contributed by atoms with Crippen molar-refractivity contribution in [3.8, 4) is 22.8 Å². The van der Waals surface area contributed by atoms with Crippen molar-refractivity contribution in [1.29, 1.82) is 0 Å². The fourth-order valence-corrected chi connectivity index (χ4v) is 3.16. The number of amides is 2. The number of aromatic nitrogens is 2. The standard InChI is InChI=1S/C22H21FN4O4/c1-13-2-3-15(10-17(13)23)21(28)24-6-7-25-22(29)16-12-26-27-20(16)14-4-5-18-19(11-14)31-9-8-30-18/h2-5,10-12H,6-9H2,1H3,(H,24,28)(H,25,29)(H,26,27). The molecule has 0 fully saturated rings. The molecule has 4 rings (SSSR count). The second-order valence-electron chi connectivity index (χ2n) is 6.99. The maximum Gasteiger partial charge on any atom is 0.255 e. The van der Waals surface area contributed by atoms with Gasteiger partial charge in [0.1, 0.15) is 19.0 Å². The first-order valence-corrected chi connectivity index (χ1v) is 9.79. The smallest absolute Gasteiger partial charge is 0.255 e. The van der Waals surface area contributed by atoms with E-state index in [2.05, 4.69) is 20.8 Å². The van der Waals surface area contributed by atoms with Crippen LogP contribution >= 0.6 is 0 Å². The van der Waals surface area contributed by atoms with Crippen LogP contribution in [0, 0.1) is 12.7 Å². The molecule has 1 aromatic heterocycles. The Hall–Kier alpha value is -3.88. The number of ether oxygens (including phenoxy) is 2. The number of fused-ring (bicyclic) bond motifs is 1. The normalized spacial score (nSPS) is 12.3. The lowest BCUT2D eigenvalue weighted by Crippen LogP contribution is -2.34. The molecular weight excluding hydrogens is 403 g/mol. The van der Waals surface area contributed by atoms with Gasteiger partial charge in [0, 0.05) is 24.2 Å². The number of halogens is 1. The van der Waals surface area contributed by atoms with E-state index in [-0.39, 0.29) is 24.6 Å². The lowest BCUT2D eigenvalue weighted by molar-refractivity contribution is 0.0928. The van der Waals surface area contributed by atoms with Gasteiger partial charge >= 0.3 is 0 Å². The quantitative estimate of drug-likeness (QED) is 0.527. The largest absolute Gasteiger partial charge is 0.486 e. The SMILES string of the molecule is Cc1ccc(C(=O)NCCNC(=O)c2cn[nH]c2-c2ccc3c(c2)OCCO3)cc1F. The van der Waals surface area contributed by atoms with Crippen molar-refractivity contribution in [1.82, 2.24) is 20.8 Å². The highest BCUT2D eigenvalue weighted by Gasteiger charge is 2.18. The summed E-state index contributed by atoms with van der Waals surface area (Å²) in [6.07, 6.45) is 1.44. The highest BCUT2D eigenvalue weighted by atomic mass is 19.1. The van der Waals surface area contributed by atoms with Gasteiger partial charge in [0.25, 0.3) is 11.8 Å². The number of hydrogen-bond acceptors (Lipinski definition) is 5. The number of aryl methyl sites for hydroxylation is 1. The molecule has 9 heteroatoms. The van der Waals surface area contributed by atoms with E-state index in [0.717, 1.165) is 5.56 Å². The molecule has 31 heavy (non-hydrogen) atoms. The molecule has 2 amide bonds. The number of hydrogen-bond donors (Lipinski definition) is 3. The van der Waals surface area contributed by atoms with Crippen LogP contribution in [0.3, 0.4) is 0 Å². The third kappa shape index (κ3) is 4.50. The van der Waals surface area contributed by atoms with Gasteiger partial charge in [0.15, 0.2) is 11.5 Å². The number of nitrogens with one attached hydrogen (secondary N) is 3. The molecule has 0 spiro atoms. The van der Waals surface area contributed by atoms with Gasteiger partial charge in [-0.2, -0.15) is 5.10 Å². The van der Waals surface area contributed by atoms with Crippen molar-refractivity contribution in [2.24, 2.45) is 0 Å². The summed E-state index contributed by atoms with van der Waals surface area (Å²) in [5.74, 6) is 0.0833. The molecule has 1 aliphatic heterocycles. The average molecular weight is 424 g/mol. The fourth-order valence-electron chi connectivity index (χ4n) is 3.16. The Bertz CT molecular complexity index is 1130. The van der Waals surface area contributed by atoms with Crippen molar-refractivity contribution in [2.75, 3.05) is 26.3 Å². The van der Waals surface area contributed by atoms with E-state index in [1.54, 1.807) is 31.2 Å². The van der Waals surface area contributed by atoms with Crippen LogP contribution in [0.25, 0.3) is 11.3 Å². The Morgan fingerprint density at radius 2 is 1.77 bits per heavy atom. The van der Waals surface area contributed by atoms with Crippen LogP contribution in [-0.4, -0.2) is 48.3 Å². The van der Waals surface area contributed by atoms with Crippen molar-refractivity contribution >= 4 is 11.8 Å². The Labute approximate surface area is 177 Å². The Morgan fingerprint density at radius 1 is 1.03 bits per heavy atom. The van der Waals surface area contributed by atoms with Gasteiger partial charge in [-0.1, -0.05) is 6.07 Å². The zero-order valence-corrected chi connectivity index (χ0v) is 16.8. The monoisotopic (exact) mass is 424 g/mol. The first-order chi connectivity index (χ1) is 15.0. The van der Waals surface area contributed by atoms with Crippen molar-refractivity contribution in [3.63, 3.8) is 0 Å². The number of H-pyrrole nitrogens is 1. The molecule has 2 aromatic carbocycles. The van der Waals surface area contributed by atoms with Gasteiger partial charge < -0.3 is 20.1 Å². The Morgan fingerprint density at radius 3 is 2.55 bits per heavy atom. The van der Waals surface area contributed by atoms with Crippen LogP contribution in [0.1, 0.15) is 26.3 Å². The van der Waals surface area contributed by atoms with Gasteiger partial charge in [0.2, 0.25) is 0 Å². The minimum absolute atomic E-state index is 0.192. The van der Waals surface area contributed by atoms with Crippen LogP contribution in [0.2, 0.25) is 0 Å². The lowest BCUT2D eigenvalue weighted by atomic mass is 10.1. The minimum atomic E-state index is -0.437. The number of benzene rings is 2. The van der Waals surface area contributed by atoms with E-state index >= 15 is 0 Å². The van der Waals surface area contributed by atoms with E-state index in [0.29, 0.717) is 41.5 Å². The summed E-state index contributed by atoms with van der Waals surface area (Å²) in [6.45, 7) is 2.98. The zero-order chi connectivity index (χ0) is 21.8. The molecule has 3 N–H and O–H groups in total. The molecule has 0 bridgehead atoms. The van der Waals surface area contributed by atoms with E-state index in [9.17, 15) is 14.0 Å². The van der Waals surface area contributed by atoms with E-state index in [1.807, 2.05) is 6.07 Å². The first-order valence-electron chi connectivity index (χ1n) is 9.79. The number of rotatable bonds is 6. The summed E-state index contributed by atoms with van der Waals surface area (Å²) in [4.78, 5) is 24.7. The van der Waals surface area contributed by atoms with Crippen LogP contribution in [0.4, 0.5) is 4.39 Å². The molecular formula is C22H21FN4O4. The number of aromatic amines is 1. The minimum Gasteiger partial charge on any atom is -0.486 e. The maximum atomic E-state index is 13.6. The van der Waals surface area contributed by atoms with Gasteiger partial charge in [0.05, 0.1) is 17.5 Å². The molecule has 0 atom stereocenters. The van der Waals surface area contributed by atoms with E-state index in [1.165, 1.54) is 12.3 Å². The summed E-state index contributed by atoms with van der Waals surface area (Å²) < 4.78 is 24.7. The summed E-state index contributed by atoms with van der Waals surface area (Å²) in [7, 11) is 0. The molecule has 0 saturated carbocycles. The van der Waals surface area contributed by atoms with Crippen LogP contribution in [0.15, 0.2) is 42.6 Å². The van der Waals surface area contributed by atoms with Crippen molar-refractivity contribution < 1.29 is 23.5 Å². The number of nitrogens with zero attached hydrogens (tertiary/aromatic N) is 1. The topological polar surface area (TPSA) is 105 Å². The molecule has 160 valence electrons. The summed E-state index contributed by atoms with van der Waals surface area (Å²) in [5, 5.41) is 12.2. The summed E-state index contributed by atoms with van der Waals surface area (Å²) in [6, 6.07) is 9.68. The average Bonchev–Trinajstić information content (AvgIpc) is 3.28. The molecule has 2 heterocycles. The predicted octanol–water partition coefficient (Wildman–Crippen LogP) is 2.46. The molecule has 1 aliphatic rings. The zero-order valence-electron chi connectivity index (χ0n) is 16.8. The molecule has 0 saturated heterocycles. The van der Waals surface area contributed by atoms with Gasteiger partial charge in [-0.3, -0.25) is 14.7 Å². The summed E-state index contributed by atoms with van der Waals surface area (Å²) >= 11 is 0.